The predicted octanol–water partition coefficient (Wildman–Crippen LogP) is 3.15. The molecule has 134 valence electrons. The van der Waals surface area contributed by atoms with Crippen molar-refractivity contribution >= 4 is 12.0 Å². The highest BCUT2D eigenvalue weighted by molar-refractivity contribution is 5.93. The van der Waals surface area contributed by atoms with Crippen LogP contribution in [0.4, 0.5) is 0 Å². The molecular weight excluding hydrogens is 328 g/mol. The molecule has 1 spiro atoms. The summed E-state index contributed by atoms with van der Waals surface area (Å²) >= 11 is 0. The van der Waals surface area contributed by atoms with E-state index in [-0.39, 0.29) is 22.5 Å². The molecule has 1 N–H and O–H groups in total. The van der Waals surface area contributed by atoms with Crippen LogP contribution in [0.25, 0.3) is 6.08 Å². The molecule has 0 saturated carbocycles. The largest absolute Gasteiger partial charge is 0.483 e. The van der Waals surface area contributed by atoms with Gasteiger partial charge in [-0.1, -0.05) is 24.3 Å². The highest BCUT2D eigenvalue weighted by Crippen LogP contribution is 2.37. The quantitative estimate of drug-likeness (QED) is 0.859. The number of aromatic nitrogens is 1. The molecule has 1 aromatic carbocycles. The Morgan fingerprint density at radius 3 is 2.92 bits per heavy atom. The zero-order valence-electron chi connectivity index (χ0n) is 14.8. The van der Waals surface area contributed by atoms with Gasteiger partial charge in [-0.3, -0.25) is 9.59 Å². The van der Waals surface area contributed by atoms with Gasteiger partial charge in [-0.15, -0.1) is 0 Å². The van der Waals surface area contributed by atoms with Gasteiger partial charge in [-0.05, 0) is 31.9 Å². The van der Waals surface area contributed by atoms with Gasteiger partial charge in [0.15, 0.2) is 5.43 Å². The van der Waals surface area contributed by atoms with E-state index < -0.39 is 0 Å². The third-order valence-corrected chi connectivity index (χ3v) is 5.21. The van der Waals surface area contributed by atoms with E-state index in [9.17, 15) is 9.59 Å². The van der Waals surface area contributed by atoms with Gasteiger partial charge in [0, 0.05) is 43.0 Å². The van der Waals surface area contributed by atoms with Crippen LogP contribution in [0.3, 0.4) is 0 Å². The number of H-pyrrole nitrogens is 1. The number of pyridine rings is 1. The molecule has 0 unspecified atom stereocenters. The molecule has 1 aromatic heterocycles. The lowest BCUT2D eigenvalue weighted by molar-refractivity contribution is 0.0729. The monoisotopic (exact) mass is 350 g/mol. The molecule has 1 fully saturated rings. The molecule has 1 saturated heterocycles. The first-order chi connectivity index (χ1) is 12.6. The standard InChI is InChI=1S/C21H22N2O3/c1-15-13-18(24)17(14-22-15)20(25)23-11-4-8-21(10-12-23)9-7-16-5-2-3-6-19(16)26-21/h2-3,5-7,9,13-14H,4,8,10-12H2,1H3,(H,22,24)/t21-/m1/s1. The van der Waals surface area contributed by atoms with E-state index in [1.165, 1.54) is 12.3 Å². The summed E-state index contributed by atoms with van der Waals surface area (Å²) in [5.74, 6) is 0.688. The van der Waals surface area contributed by atoms with Crippen molar-refractivity contribution in [2.24, 2.45) is 0 Å². The molecule has 1 atom stereocenters. The van der Waals surface area contributed by atoms with Gasteiger partial charge < -0.3 is 14.6 Å². The van der Waals surface area contributed by atoms with E-state index in [0.717, 1.165) is 29.8 Å². The van der Waals surface area contributed by atoms with Gasteiger partial charge in [0.25, 0.3) is 5.91 Å². The summed E-state index contributed by atoms with van der Waals surface area (Å²) < 4.78 is 6.32. The summed E-state index contributed by atoms with van der Waals surface area (Å²) in [6, 6.07) is 9.46. The van der Waals surface area contributed by atoms with E-state index in [2.05, 4.69) is 17.1 Å². The van der Waals surface area contributed by atoms with Crippen LogP contribution in [0.15, 0.2) is 47.4 Å². The Bertz CT molecular complexity index is 931. The van der Waals surface area contributed by atoms with E-state index in [1.807, 2.05) is 24.3 Å². The average Bonchev–Trinajstić information content (AvgIpc) is 2.84. The van der Waals surface area contributed by atoms with Crippen molar-refractivity contribution in [1.82, 2.24) is 9.88 Å². The number of aryl methyl sites for hydroxylation is 1. The summed E-state index contributed by atoms with van der Waals surface area (Å²) in [6.07, 6.45) is 8.16. The molecule has 26 heavy (non-hydrogen) atoms. The molecule has 1 amide bonds. The van der Waals surface area contributed by atoms with Gasteiger partial charge in [-0.2, -0.15) is 0 Å². The van der Waals surface area contributed by atoms with Crippen molar-refractivity contribution < 1.29 is 9.53 Å². The number of ether oxygens (including phenoxy) is 1. The van der Waals surface area contributed by atoms with Gasteiger partial charge in [-0.25, -0.2) is 0 Å². The first kappa shape index (κ1) is 16.6. The van der Waals surface area contributed by atoms with Gasteiger partial charge >= 0.3 is 0 Å². The lowest BCUT2D eigenvalue weighted by atomic mass is 9.91. The number of carbonyl (C=O) groups is 1. The molecule has 3 heterocycles. The SMILES string of the molecule is Cc1cc(=O)c(C(=O)N2CCC[C@@]3(C=Cc4ccccc4O3)CC2)c[nH]1. The van der Waals surface area contributed by atoms with Crippen molar-refractivity contribution in [2.75, 3.05) is 13.1 Å². The summed E-state index contributed by atoms with van der Waals surface area (Å²) in [4.78, 5) is 29.7. The van der Waals surface area contributed by atoms with Crippen LogP contribution in [0.5, 0.6) is 5.75 Å². The second kappa shape index (κ2) is 6.48. The summed E-state index contributed by atoms with van der Waals surface area (Å²) in [5.41, 5.74) is 1.44. The van der Waals surface area contributed by atoms with Crippen molar-refractivity contribution in [2.45, 2.75) is 31.8 Å². The minimum atomic E-state index is -0.372. The number of nitrogens with zero attached hydrogens (tertiary/aromatic N) is 1. The molecule has 2 aliphatic rings. The van der Waals surface area contributed by atoms with E-state index in [0.29, 0.717) is 19.5 Å². The van der Waals surface area contributed by atoms with Gasteiger partial charge in [0.1, 0.15) is 16.9 Å². The third-order valence-electron chi connectivity index (χ3n) is 5.21. The van der Waals surface area contributed by atoms with Crippen LogP contribution in [0.2, 0.25) is 0 Å². The Balaban J connectivity index is 1.52. The highest BCUT2D eigenvalue weighted by Gasteiger charge is 2.36. The van der Waals surface area contributed by atoms with Crippen LogP contribution in [-0.2, 0) is 0 Å². The Labute approximate surface area is 152 Å². The minimum Gasteiger partial charge on any atom is -0.483 e. The van der Waals surface area contributed by atoms with E-state index in [1.54, 1.807) is 11.8 Å². The Morgan fingerprint density at radius 1 is 1.23 bits per heavy atom. The maximum atomic E-state index is 12.8. The zero-order chi connectivity index (χ0) is 18.1. The van der Waals surface area contributed by atoms with Crippen LogP contribution in [0, 0.1) is 6.92 Å². The lowest BCUT2D eigenvalue weighted by Crippen LogP contribution is -2.39. The number of hydrogen-bond acceptors (Lipinski definition) is 3. The van der Waals surface area contributed by atoms with Crippen LogP contribution < -0.4 is 10.2 Å². The van der Waals surface area contributed by atoms with E-state index >= 15 is 0 Å². The lowest BCUT2D eigenvalue weighted by Gasteiger charge is -2.34. The zero-order valence-corrected chi connectivity index (χ0v) is 14.8. The highest BCUT2D eigenvalue weighted by atomic mass is 16.5. The number of para-hydroxylation sites is 1. The van der Waals surface area contributed by atoms with Crippen molar-refractivity contribution in [3.8, 4) is 5.75 Å². The fraction of sp³-hybridized carbons (Fsp3) is 0.333. The molecule has 0 bridgehead atoms. The Hall–Kier alpha value is -2.82. The molecule has 5 heteroatoms. The van der Waals surface area contributed by atoms with Crippen LogP contribution in [0.1, 0.15) is 40.9 Å². The number of hydrogen-bond donors (Lipinski definition) is 1. The van der Waals surface area contributed by atoms with Crippen LogP contribution in [-0.4, -0.2) is 34.5 Å². The van der Waals surface area contributed by atoms with Gasteiger partial charge in [0.2, 0.25) is 0 Å². The number of aromatic amines is 1. The maximum absolute atomic E-state index is 12.8. The third kappa shape index (κ3) is 3.05. The number of rotatable bonds is 1. The number of fused-ring (bicyclic) bond motifs is 1. The fourth-order valence-corrected chi connectivity index (χ4v) is 3.72. The smallest absolute Gasteiger partial charge is 0.259 e. The maximum Gasteiger partial charge on any atom is 0.259 e. The normalized spacial score (nSPS) is 21.8. The molecule has 4 rings (SSSR count). The summed E-state index contributed by atoms with van der Waals surface area (Å²) in [5, 5.41) is 0. The molecular formula is C21H22N2O3. The number of amides is 1. The fourth-order valence-electron chi connectivity index (χ4n) is 3.72. The Morgan fingerprint density at radius 2 is 2.08 bits per heavy atom. The summed E-state index contributed by atoms with van der Waals surface area (Å²) in [6.45, 7) is 3.00. The minimum absolute atomic E-state index is 0.205. The van der Waals surface area contributed by atoms with Crippen LogP contribution >= 0.6 is 0 Å². The first-order valence-electron chi connectivity index (χ1n) is 9.02. The topological polar surface area (TPSA) is 62.4 Å². The molecule has 2 aliphatic heterocycles. The summed E-state index contributed by atoms with van der Waals surface area (Å²) in [7, 11) is 0. The number of benzene rings is 1. The van der Waals surface area contributed by atoms with Crippen molar-refractivity contribution in [3.63, 3.8) is 0 Å². The first-order valence-corrected chi connectivity index (χ1v) is 9.02. The van der Waals surface area contributed by atoms with Gasteiger partial charge in [0.05, 0.1) is 0 Å². The predicted molar refractivity (Wildman–Crippen MR) is 100 cm³/mol. The molecule has 0 radical (unpaired) electrons. The van der Waals surface area contributed by atoms with Crippen molar-refractivity contribution in [1.29, 1.82) is 0 Å². The van der Waals surface area contributed by atoms with E-state index in [4.69, 9.17) is 4.74 Å². The number of carbonyl (C=O) groups excluding carboxylic acids is 1. The number of likely N-dealkylation sites (tertiary alicyclic amines) is 1. The Kier molecular flexibility index (Phi) is 4.15. The molecule has 5 nitrogen and oxygen atoms in total. The number of nitrogens with one attached hydrogen (secondary N) is 1. The second-order valence-electron chi connectivity index (χ2n) is 7.08. The second-order valence-corrected chi connectivity index (χ2v) is 7.08. The van der Waals surface area contributed by atoms with Crippen molar-refractivity contribution in [3.05, 3.63) is 69.6 Å². The average molecular weight is 350 g/mol. The molecule has 2 aromatic rings. The molecule has 0 aliphatic carbocycles.